The molecule has 1 heterocycles. The van der Waals surface area contributed by atoms with E-state index in [1.165, 1.54) is 19.3 Å². The number of nitrogens with zero attached hydrogens (tertiary/aromatic N) is 1. The molecule has 1 aliphatic heterocycles. The van der Waals surface area contributed by atoms with E-state index in [1.54, 1.807) is 0 Å². The molecule has 3 nitrogen and oxygen atoms in total. The quantitative estimate of drug-likeness (QED) is 0.767. The molecule has 4 unspecified atom stereocenters. The maximum absolute atomic E-state index is 10.0. The Morgan fingerprint density at radius 2 is 1.88 bits per heavy atom. The first kappa shape index (κ1) is 13.3. The van der Waals surface area contributed by atoms with Crippen molar-refractivity contribution in [3.8, 4) is 0 Å². The van der Waals surface area contributed by atoms with Crippen molar-refractivity contribution in [2.75, 3.05) is 13.1 Å². The van der Waals surface area contributed by atoms with E-state index in [1.807, 2.05) is 0 Å². The van der Waals surface area contributed by atoms with Crippen LogP contribution in [-0.2, 0) is 0 Å². The fraction of sp³-hybridized carbons (Fsp3) is 1.00. The smallest absolute Gasteiger partial charge is 0.0578 e. The van der Waals surface area contributed by atoms with Crippen LogP contribution in [0.15, 0.2) is 0 Å². The Kier molecular flexibility index (Phi) is 4.45. The Morgan fingerprint density at radius 1 is 1.18 bits per heavy atom. The van der Waals surface area contributed by atoms with E-state index in [9.17, 15) is 5.11 Å². The van der Waals surface area contributed by atoms with Gasteiger partial charge < -0.3 is 10.8 Å². The summed E-state index contributed by atoms with van der Waals surface area (Å²) in [4.78, 5) is 2.56. The van der Waals surface area contributed by atoms with E-state index >= 15 is 0 Å². The fourth-order valence-corrected chi connectivity index (χ4v) is 3.47. The highest BCUT2D eigenvalue weighted by Crippen LogP contribution is 2.38. The average molecular weight is 240 g/mol. The fourth-order valence-electron chi connectivity index (χ4n) is 3.47. The summed E-state index contributed by atoms with van der Waals surface area (Å²) in [7, 11) is 0. The molecule has 3 N–H and O–H groups in total. The number of hydrogen-bond donors (Lipinski definition) is 2. The maximum atomic E-state index is 10.0. The highest BCUT2D eigenvalue weighted by Gasteiger charge is 2.38. The van der Waals surface area contributed by atoms with E-state index in [2.05, 4.69) is 18.7 Å². The zero-order valence-corrected chi connectivity index (χ0v) is 11.3. The van der Waals surface area contributed by atoms with E-state index in [0.29, 0.717) is 12.0 Å². The molecule has 100 valence electrons. The number of hydrogen-bond acceptors (Lipinski definition) is 3. The first-order valence-corrected chi connectivity index (χ1v) is 7.33. The zero-order valence-electron chi connectivity index (χ0n) is 11.3. The first-order valence-electron chi connectivity index (χ1n) is 7.33. The lowest BCUT2D eigenvalue weighted by molar-refractivity contribution is 0.0197. The van der Waals surface area contributed by atoms with Gasteiger partial charge in [-0.05, 0) is 43.9 Å². The SMILES string of the molecule is CCC(O)C1CC(N)CN(C(CC)C2CC2)C1. The maximum Gasteiger partial charge on any atom is 0.0578 e. The van der Waals surface area contributed by atoms with Crippen LogP contribution in [0.5, 0.6) is 0 Å². The summed E-state index contributed by atoms with van der Waals surface area (Å²) >= 11 is 0. The highest BCUT2D eigenvalue weighted by molar-refractivity contribution is 4.93. The molecule has 0 spiro atoms. The number of aliphatic hydroxyl groups excluding tert-OH is 1. The summed E-state index contributed by atoms with van der Waals surface area (Å²) < 4.78 is 0. The topological polar surface area (TPSA) is 49.5 Å². The summed E-state index contributed by atoms with van der Waals surface area (Å²) in [6, 6.07) is 0.968. The minimum Gasteiger partial charge on any atom is -0.393 e. The van der Waals surface area contributed by atoms with Crippen molar-refractivity contribution < 1.29 is 5.11 Å². The molecule has 2 rings (SSSR count). The third-order valence-electron chi connectivity index (χ3n) is 4.56. The average Bonchev–Trinajstić information content (AvgIpc) is 3.13. The van der Waals surface area contributed by atoms with Crippen LogP contribution in [0, 0.1) is 11.8 Å². The monoisotopic (exact) mass is 240 g/mol. The predicted molar refractivity (Wildman–Crippen MR) is 70.8 cm³/mol. The molecule has 17 heavy (non-hydrogen) atoms. The van der Waals surface area contributed by atoms with Crippen molar-refractivity contribution in [1.82, 2.24) is 4.90 Å². The van der Waals surface area contributed by atoms with E-state index in [0.717, 1.165) is 31.8 Å². The first-order chi connectivity index (χ1) is 8.15. The van der Waals surface area contributed by atoms with Gasteiger partial charge in [0.25, 0.3) is 0 Å². The number of nitrogens with two attached hydrogens (primary N) is 1. The molecule has 2 aliphatic rings. The minimum atomic E-state index is -0.166. The Balaban J connectivity index is 1.96. The summed E-state index contributed by atoms with van der Waals surface area (Å²) in [5.74, 6) is 1.29. The van der Waals surface area contributed by atoms with Crippen LogP contribution in [0.2, 0.25) is 0 Å². The van der Waals surface area contributed by atoms with Gasteiger partial charge in [0.05, 0.1) is 6.10 Å². The summed E-state index contributed by atoms with van der Waals surface area (Å²) in [5.41, 5.74) is 6.17. The van der Waals surface area contributed by atoms with Gasteiger partial charge in [-0.1, -0.05) is 13.8 Å². The Hall–Kier alpha value is -0.120. The second-order valence-electron chi connectivity index (χ2n) is 6.00. The predicted octanol–water partition coefficient (Wildman–Crippen LogP) is 1.60. The second kappa shape index (κ2) is 5.68. The van der Waals surface area contributed by atoms with Crippen LogP contribution in [0.25, 0.3) is 0 Å². The molecule has 1 saturated carbocycles. The van der Waals surface area contributed by atoms with E-state index < -0.39 is 0 Å². The molecule has 3 heteroatoms. The van der Waals surface area contributed by atoms with Crippen molar-refractivity contribution in [1.29, 1.82) is 0 Å². The minimum absolute atomic E-state index is 0.166. The van der Waals surface area contributed by atoms with Gasteiger partial charge in [0.2, 0.25) is 0 Å². The van der Waals surface area contributed by atoms with Gasteiger partial charge in [-0.2, -0.15) is 0 Å². The lowest BCUT2D eigenvalue weighted by Crippen LogP contribution is -2.53. The Labute approximate surface area is 105 Å². The largest absolute Gasteiger partial charge is 0.393 e. The number of aliphatic hydroxyl groups is 1. The molecule has 2 fully saturated rings. The molecule has 1 aliphatic carbocycles. The molecule has 0 bridgehead atoms. The highest BCUT2D eigenvalue weighted by atomic mass is 16.3. The lowest BCUT2D eigenvalue weighted by Gasteiger charge is -2.42. The number of likely N-dealkylation sites (tertiary alicyclic amines) is 1. The van der Waals surface area contributed by atoms with Crippen LogP contribution in [0.4, 0.5) is 0 Å². The third kappa shape index (κ3) is 3.21. The van der Waals surface area contributed by atoms with E-state index in [-0.39, 0.29) is 12.1 Å². The summed E-state index contributed by atoms with van der Waals surface area (Å²) in [6.45, 7) is 6.43. The van der Waals surface area contributed by atoms with Crippen LogP contribution < -0.4 is 5.73 Å². The molecule has 0 aromatic carbocycles. The van der Waals surface area contributed by atoms with Gasteiger partial charge in [-0.15, -0.1) is 0 Å². The molecule has 0 radical (unpaired) electrons. The second-order valence-corrected chi connectivity index (χ2v) is 6.00. The van der Waals surface area contributed by atoms with Gasteiger partial charge in [0.1, 0.15) is 0 Å². The molecular formula is C14H28N2O. The van der Waals surface area contributed by atoms with Gasteiger partial charge in [-0.3, -0.25) is 4.90 Å². The van der Waals surface area contributed by atoms with Crippen LogP contribution in [0.3, 0.4) is 0 Å². The van der Waals surface area contributed by atoms with Crippen molar-refractivity contribution in [3.05, 3.63) is 0 Å². The molecule has 4 atom stereocenters. The molecule has 0 aromatic heterocycles. The molecule has 1 saturated heterocycles. The van der Waals surface area contributed by atoms with Crippen molar-refractivity contribution >= 4 is 0 Å². The molecular weight excluding hydrogens is 212 g/mol. The van der Waals surface area contributed by atoms with E-state index in [4.69, 9.17) is 5.73 Å². The Morgan fingerprint density at radius 3 is 2.41 bits per heavy atom. The van der Waals surface area contributed by atoms with Gasteiger partial charge in [0.15, 0.2) is 0 Å². The number of piperidine rings is 1. The normalized spacial score (nSPS) is 34.6. The van der Waals surface area contributed by atoms with Crippen molar-refractivity contribution in [2.45, 2.75) is 64.1 Å². The van der Waals surface area contributed by atoms with Crippen LogP contribution in [-0.4, -0.2) is 41.3 Å². The molecule has 0 aromatic rings. The van der Waals surface area contributed by atoms with Gasteiger partial charge >= 0.3 is 0 Å². The number of rotatable bonds is 5. The zero-order chi connectivity index (χ0) is 12.4. The van der Waals surface area contributed by atoms with Gasteiger partial charge in [-0.25, -0.2) is 0 Å². The standard InChI is InChI=1S/C14H28N2O/c1-3-13(10-5-6-10)16-8-11(14(17)4-2)7-12(15)9-16/h10-14,17H,3-9,15H2,1-2H3. The summed E-state index contributed by atoms with van der Waals surface area (Å²) in [6.07, 6.45) is 5.70. The van der Waals surface area contributed by atoms with Crippen LogP contribution in [0.1, 0.15) is 46.0 Å². The van der Waals surface area contributed by atoms with Gasteiger partial charge in [0, 0.05) is 25.2 Å². The van der Waals surface area contributed by atoms with Crippen molar-refractivity contribution in [2.24, 2.45) is 17.6 Å². The molecule has 0 amide bonds. The third-order valence-corrected chi connectivity index (χ3v) is 4.56. The van der Waals surface area contributed by atoms with Crippen molar-refractivity contribution in [3.63, 3.8) is 0 Å². The lowest BCUT2D eigenvalue weighted by atomic mass is 9.87. The van der Waals surface area contributed by atoms with Crippen LogP contribution >= 0.6 is 0 Å². The Bertz CT molecular complexity index is 242. The summed E-state index contributed by atoms with van der Waals surface area (Å²) in [5, 5.41) is 10.0.